The predicted molar refractivity (Wildman–Crippen MR) is 145 cm³/mol. The summed E-state index contributed by atoms with van der Waals surface area (Å²) in [6.45, 7) is 8.20. The van der Waals surface area contributed by atoms with E-state index in [4.69, 9.17) is 11.6 Å². The number of hydrogen-bond donors (Lipinski definition) is 2. The van der Waals surface area contributed by atoms with Gasteiger partial charge in [-0.1, -0.05) is 17.7 Å². The first kappa shape index (κ1) is 24.3. The minimum Gasteiger partial charge on any atom is -0.368 e. The molecular formula is C28H29ClFN5O. The molecule has 0 spiro atoms. The van der Waals surface area contributed by atoms with E-state index in [0.29, 0.717) is 45.2 Å². The lowest BCUT2D eigenvalue weighted by atomic mass is 10.1. The molecule has 186 valence electrons. The van der Waals surface area contributed by atoms with Crippen LogP contribution in [-0.4, -0.2) is 53.0 Å². The monoisotopic (exact) mass is 505 g/mol. The van der Waals surface area contributed by atoms with Gasteiger partial charge >= 0.3 is 0 Å². The van der Waals surface area contributed by atoms with Crippen molar-refractivity contribution in [2.75, 3.05) is 30.4 Å². The number of aromatic nitrogens is 2. The molecule has 4 aromatic rings. The highest BCUT2D eigenvalue weighted by molar-refractivity contribution is 6.34. The Morgan fingerprint density at radius 3 is 2.56 bits per heavy atom. The quantitative estimate of drug-likeness (QED) is 0.351. The van der Waals surface area contributed by atoms with Crippen molar-refractivity contribution in [2.24, 2.45) is 0 Å². The SMILES string of the molecule is Cc1ccc(NC(=O)c2ccc(N3C[C@@H](C)N(C)[C@@H](C)C3)cc2Cl)cc1-c1nc2ccc(F)cc2[nH]1. The second-order valence-corrected chi connectivity index (χ2v) is 10.1. The van der Waals surface area contributed by atoms with Gasteiger partial charge in [0.05, 0.1) is 21.6 Å². The van der Waals surface area contributed by atoms with E-state index in [1.54, 1.807) is 12.1 Å². The Morgan fingerprint density at radius 2 is 1.83 bits per heavy atom. The minimum absolute atomic E-state index is 0.284. The molecule has 2 atom stereocenters. The van der Waals surface area contributed by atoms with Crippen molar-refractivity contribution in [3.8, 4) is 11.4 Å². The summed E-state index contributed by atoms with van der Waals surface area (Å²) in [5.41, 5.74) is 5.15. The molecule has 0 aliphatic carbocycles. The zero-order valence-corrected chi connectivity index (χ0v) is 21.5. The van der Waals surface area contributed by atoms with Crippen molar-refractivity contribution < 1.29 is 9.18 Å². The van der Waals surface area contributed by atoms with Crippen molar-refractivity contribution in [2.45, 2.75) is 32.9 Å². The molecule has 6 nitrogen and oxygen atoms in total. The number of nitrogens with one attached hydrogen (secondary N) is 2. The Labute approximate surface area is 215 Å². The average molecular weight is 506 g/mol. The Morgan fingerprint density at radius 1 is 1.08 bits per heavy atom. The topological polar surface area (TPSA) is 64.3 Å². The average Bonchev–Trinajstić information content (AvgIpc) is 3.26. The van der Waals surface area contributed by atoms with Gasteiger partial charge in [0.25, 0.3) is 5.91 Å². The normalized spacial score (nSPS) is 18.6. The van der Waals surface area contributed by atoms with E-state index in [-0.39, 0.29) is 11.7 Å². The summed E-state index contributed by atoms with van der Waals surface area (Å²) in [7, 11) is 2.15. The number of imidazole rings is 1. The summed E-state index contributed by atoms with van der Waals surface area (Å²) < 4.78 is 13.6. The number of carbonyl (C=O) groups is 1. The third-order valence-electron chi connectivity index (χ3n) is 7.12. The molecule has 36 heavy (non-hydrogen) atoms. The number of rotatable bonds is 4. The third-order valence-corrected chi connectivity index (χ3v) is 7.43. The van der Waals surface area contributed by atoms with E-state index < -0.39 is 0 Å². The van der Waals surface area contributed by atoms with E-state index in [1.165, 1.54) is 12.1 Å². The maximum atomic E-state index is 13.6. The van der Waals surface area contributed by atoms with Crippen LogP contribution in [0.25, 0.3) is 22.4 Å². The number of nitrogens with zero attached hydrogens (tertiary/aromatic N) is 3. The van der Waals surface area contributed by atoms with Crippen molar-refractivity contribution in [3.05, 3.63) is 76.6 Å². The summed E-state index contributed by atoms with van der Waals surface area (Å²) in [5, 5.41) is 3.37. The summed E-state index contributed by atoms with van der Waals surface area (Å²) in [5.74, 6) is 0.00495. The zero-order valence-electron chi connectivity index (χ0n) is 20.8. The maximum Gasteiger partial charge on any atom is 0.257 e. The fourth-order valence-electron chi connectivity index (χ4n) is 4.76. The third kappa shape index (κ3) is 4.68. The number of amides is 1. The van der Waals surface area contributed by atoms with Crippen LogP contribution in [0.4, 0.5) is 15.8 Å². The van der Waals surface area contributed by atoms with Gasteiger partial charge in [-0.2, -0.15) is 0 Å². The molecule has 3 aromatic carbocycles. The van der Waals surface area contributed by atoms with Gasteiger partial charge in [-0.15, -0.1) is 0 Å². The molecular weight excluding hydrogens is 477 g/mol. The van der Waals surface area contributed by atoms with Crippen molar-refractivity contribution in [3.63, 3.8) is 0 Å². The zero-order chi connectivity index (χ0) is 25.6. The summed E-state index contributed by atoms with van der Waals surface area (Å²) in [4.78, 5) is 25.5. The van der Waals surface area contributed by atoms with Crippen molar-refractivity contribution >= 4 is 39.9 Å². The number of fused-ring (bicyclic) bond motifs is 1. The van der Waals surface area contributed by atoms with Gasteiger partial charge in [0.2, 0.25) is 0 Å². The Kier molecular flexibility index (Phi) is 6.45. The van der Waals surface area contributed by atoms with E-state index in [0.717, 1.165) is 29.9 Å². The first-order valence-electron chi connectivity index (χ1n) is 12.0. The molecule has 1 saturated heterocycles. The van der Waals surface area contributed by atoms with E-state index in [9.17, 15) is 9.18 Å². The number of aryl methyl sites for hydroxylation is 1. The number of anilines is 2. The van der Waals surface area contributed by atoms with Crippen LogP contribution in [0.3, 0.4) is 0 Å². The van der Waals surface area contributed by atoms with E-state index in [1.807, 2.05) is 37.3 Å². The van der Waals surface area contributed by atoms with Crippen molar-refractivity contribution in [1.29, 1.82) is 0 Å². The Bertz CT molecular complexity index is 1440. The molecule has 0 bridgehead atoms. The number of H-pyrrole nitrogens is 1. The summed E-state index contributed by atoms with van der Waals surface area (Å²) >= 11 is 6.58. The second kappa shape index (κ2) is 9.56. The second-order valence-electron chi connectivity index (χ2n) is 9.66. The van der Waals surface area contributed by atoms with Gasteiger partial charge in [0, 0.05) is 42.1 Å². The highest BCUT2D eigenvalue weighted by atomic mass is 35.5. The molecule has 1 fully saturated rings. The number of carbonyl (C=O) groups excluding carboxylic acids is 1. The number of piperazine rings is 1. The predicted octanol–water partition coefficient (Wildman–Crippen LogP) is 6.11. The minimum atomic E-state index is -0.324. The molecule has 5 rings (SSSR count). The number of hydrogen-bond acceptors (Lipinski definition) is 4. The smallest absolute Gasteiger partial charge is 0.257 e. The van der Waals surface area contributed by atoms with Crippen LogP contribution in [0.5, 0.6) is 0 Å². The molecule has 1 amide bonds. The van der Waals surface area contributed by atoms with Gasteiger partial charge in [0.1, 0.15) is 11.6 Å². The number of halogens is 2. The van der Waals surface area contributed by atoms with Gasteiger partial charge in [-0.3, -0.25) is 9.69 Å². The van der Waals surface area contributed by atoms with Crippen LogP contribution in [0.2, 0.25) is 5.02 Å². The van der Waals surface area contributed by atoms with Gasteiger partial charge in [-0.25, -0.2) is 9.37 Å². The maximum absolute atomic E-state index is 13.6. The molecule has 0 unspecified atom stereocenters. The van der Waals surface area contributed by atoms with Crippen molar-refractivity contribution in [1.82, 2.24) is 14.9 Å². The molecule has 0 saturated carbocycles. The molecule has 1 aliphatic heterocycles. The first-order chi connectivity index (χ1) is 17.2. The van der Waals surface area contributed by atoms with Crippen LogP contribution in [-0.2, 0) is 0 Å². The molecule has 2 heterocycles. The van der Waals surface area contributed by atoms with Crippen LogP contribution >= 0.6 is 11.6 Å². The Balaban J connectivity index is 1.36. The molecule has 1 aliphatic rings. The van der Waals surface area contributed by atoms with Gasteiger partial charge in [0.15, 0.2) is 0 Å². The molecule has 1 aromatic heterocycles. The van der Waals surface area contributed by atoms with Crippen LogP contribution in [0, 0.1) is 12.7 Å². The highest BCUT2D eigenvalue weighted by Crippen LogP contribution is 2.30. The van der Waals surface area contributed by atoms with Crippen LogP contribution in [0.15, 0.2) is 54.6 Å². The summed E-state index contributed by atoms with van der Waals surface area (Å²) in [6, 6.07) is 16.5. The molecule has 8 heteroatoms. The highest BCUT2D eigenvalue weighted by Gasteiger charge is 2.27. The Hall–Kier alpha value is -3.42. The fraction of sp³-hybridized carbons (Fsp3) is 0.286. The van der Waals surface area contributed by atoms with Gasteiger partial charge < -0.3 is 15.2 Å². The fourth-order valence-corrected chi connectivity index (χ4v) is 5.02. The lowest BCUT2D eigenvalue weighted by Crippen LogP contribution is -2.55. The first-order valence-corrected chi connectivity index (χ1v) is 12.4. The van der Waals surface area contributed by atoms with Crippen LogP contribution < -0.4 is 10.2 Å². The molecule has 0 radical (unpaired) electrons. The molecule has 2 N–H and O–H groups in total. The summed E-state index contributed by atoms with van der Waals surface area (Å²) in [6.07, 6.45) is 0. The lowest BCUT2D eigenvalue weighted by Gasteiger charge is -2.43. The number of benzene rings is 3. The van der Waals surface area contributed by atoms with E-state index >= 15 is 0 Å². The van der Waals surface area contributed by atoms with E-state index in [2.05, 4.69) is 46.0 Å². The van der Waals surface area contributed by atoms with Crippen LogP contribution in [0.1, 0.15) is 29.8 Å². The standard InChI is InChI=1S/C28H29ClFN5O/c1-16-5-7-20(12-23(16)27-32-25-10-6-19(30)11-26(25)33-27)31-28(36)22-9-8-21(13-24(22)29)35-14-17(2)34(4)18(3)15-35/h5-13,17-18H,14-15H2,1-4H3,(H,31,36)(H,32,33)/t17-,18+. The number of aromatic amines is 1. The largest absolute Gasteiger partial charge is 0.368 e. The number of likely N-dealkylation sites (N-methyl/N-ethyl adjacent to an activating group) is 1. The van der Waals surface area contributed by atoms with Gasteiger partial charge in [-0.05, 0) is 81.9 Å². The lowest BCUT2D eigenvalue weighted by molar-refractivity contribution is 0.102.